The quantitative estimate of drug-likeness (QED) is 0.888. The van der Waals surface area contributed by atoms with E-state index in [2.05, 4.69) is 75.5 Å². The van der Waals surface area contributed by atoms with E-state index in [0.29, 0.717) is 0 Å². The van der Waals surface area contributed by atoms with Gasteiger partial charge < -0.3 is 20.0 Å². The first kappa shape index (κ1) is 15.5. The highest BCUT2D eigenvalue weighted by molar-refractivity contribution is 5.99. The van der Waals surface area contributed by atoms with Gasteiger partial charge in [0.05, 0.1) is 12.4 Å². The predicted molar refractivity (Wildman–Crippen MR) is 96.1 cm³/mol. The minimum Gasteiger partial charge on any atom is -0.361 e. The van der Waals surface area contributed by atoms with Crippen LogP contribution in [0, 0.1) is 0 Å². The molecule has 0 saturated carbocycles. The number of hydrogen-bond acceptors (Lipinski definition) is 6. The topological polar surface area (TPSA) is 37.4 Å². The summed E-state index contributed by atoms with van der Waals surface area (Å²) in [6, 6.07) is 10.7. The molecule has 0 amide bonds. The first-order valence-corrected chi connectivity index (χ1v) is 8.69. The molecule has 3 aliphatic rings. The lowest BCUT2D eigenvalue weighted by Crippen LogP contribution is -2.52. The van der Waals surface area contributed by atoms with Gasteiger partial charge in [-0.05, 0) is 5.56 Å². The van der Waals surface area contributed by atoms with Crippen LogP contribution in [0.2, 0.25) is 0 Å². The van der Waals surface area contributed by atoms with Crippen molar-refractivity contribution in [1.29, 1.82) is 0 Å². The summed E-state index contributed by atoms with van der Waals surface area (Å²) in [6.07, 6.45) is 2.34. The molecule has 1 fully saturated rings. The van der Waals surface area contributed by atoms with Gasteiger partial charge in [0.1, 0.15) is 0 Å². The molecular weight excluding hydrogens is 300 g/mol. The van der Waals surface area contributed by atoms with Crippen LogP contribution < -0.4 is 5.32 Å². The second-order valence-electron chi connectivity index (χ2n) is 6.81. The van der Waals surface area contributed by atoms with E-state index in [4.69, 9.17) is 4.99 Å². The number of rotatable bonds is 3. The molecule has 3 aliphatic heterocycles. The number of benzene rings is 1. The monoisotopic (exact) mass is 326 g/mol. The first-order valence-electron chi connectivity index (χ1n) is 8.69. The van der Waals surface area contributed by atoms with E-state index in [1.807, 2.05) is 0 Å². The van der Waals surface area contributed by atoms with Crippen molar-refractivity contribution < 1.29 is 0 Å². The maximum absolute atomic E-state index is 5.10. The Kier molecular flexibility index (Phi) is 4.16. The highest BCUT2D eigenvalue weighted by Gasteiger charge is 2.38. The summed E-state index contributed by atoms with van der Waals surface area (Å²) < 4.78 is 0. The lowest BCUT2D eigenvalue weighted by atomic mass is 10.2. The van der Waals surface area contributed by atoms with Gasteiger partial charge >= 0.3 is 0 Å². The molecule has 1 N–H and O–H groups in total. The molecule has 0 aromatic heterocycles. The van der Waals surface area contributed by atoms with E-state index in [-0.39, 0.29) is 6.29 Å². The number of nitrogens with zero attached hydrogens (tertiary/aromatic N) is 5. The molecule has 1 aromatic rings. The standard InChI is InChI=1S/C18H26N6/c1-21-13-16-17(22(2)14-21)20-18(23-10-8-19-9-11-23)24(16)12-15-6-4-3-5-7-15/h3-7,13,18-19H,8-12,14H2,1-2H3. The third-order valence-electron chi connectivity index (χ3n) is 4.87. The molecule has 0 spiro atoms. The molecule has 24 heavy (non-hydrogen) atoms. The molecule has 1 atom stereocenters. The van der Waals surface area contributed by atoms with Crippen molar-refractivity contribution in [3.63, 3.8) is 0 Å². The molecule has 0 bridgehead atoms. The van der Waals surface area contributed by atoms with Crippen molar-refractivity contribution >= 4 is 5.84 Å². The summed E-state index contributed by atoms with van der Waals surface area (Å²) in [5, 5.41) is 3.44. The lowest BCUT2D eigenvalue weighted by molar-refractivity contribution is 0.0701. The van der Waals surface area contributed by atoms with E-state index in [1.165, 1.54) is 11.3 Å². The second-order valence-corrected chi connectivity index (χ2v) is 6.81. The van der Waals surface area contributed by atoms with Gasteiger partial charge in [-0.1, -0.05) is 30.3 Å². The normalized spacial score (nSPS) is 24.8. The summed E-state index contributed by atoms with van der Waals surface area (Å²) in [5.74, 6) is 1.12. The minimum absolute atomic E-state index is 0.0995. The van der Waals surface area contributed by atoms with E-state index in [1.54, 1.807) is 0 Å². The minimum atomic E-state index is 0.0995. The van der Waals surface area contributed by atoms with Crippen molar-refractivity contribution in [2.75, 3.05) is 46.9 Å². The molecule has 1 aromatic carbocycles. The molecule has 3 heterocycles. The molecule has 128 valence electrons. The van der Waals surface area contributed by atoms with Crippen molar-refractivity contribution in [2.45, 2.75) is 12.8 Å². The molecule has 1 saturated heterocycles. The van der Waals surface area contributed by atoms with Gasteiger partial charge in [0, 0.05) is 53.0 Å². The van der Waals surface area contributed by atoms with Crippen LogP contribution in [0.1, 0.15) is 5.56 Å². The smallest absolute Gasteiger partial charge is 0.181 e. The maximum Gasteiger partial charge on any atom is 0.181 e. The van der Waals surface area contributed by atoms with Gasteiger partial charge in [-0.3, -0.25) is 4.90 Å². The Morgan fingerprint density at radius 1 is 1.12 bits per heavy atom. The fraction of sp³-hybridized carbons (Fsp3) is 0.500. The van der Waals surface area contributed by atoms with Gasteiger partial charge in [-0.25, -0.2) is 4.99 Å². The second kappa shape index (κ2) is 6.45. The van der Waals surface area contributed by atoms with Crippen LogP contribution in [0.4, 0.5) is 0 Å². The zero-order chi connectivity index (χ0) is 16.5. The molecule has 0 aliphatic carbocycles. The lowest BCUT2D eigenvalue weighted by Gasteiger charge is -2.38. The van der Waals surface area contributed by atoms with E-state index >= 15 is 0 Å². The van der Waals surface area contributed by atoms with Gasteiger partial charge in [0.2, 0.25) is 0 Å². The summed E-state index contributed by atoms with van der Waals surface area (Å²) in [5.41, 5.74) is 2.56. The van der Waals surface area contributed by atoms with Gasteiger partial charge in [-0.2, -0.15) is 0 Å². The van der Waals surface area contributed by atoms with Crippen molar-refractivity contribution in [1.82, 2.24) is 24.9 Å². The number of aliphatic imine (C=N–C) groups is 1. The molecule has 6 nitrogen and oxygen atoms in total. The van der Waals surface area contributed by atoms with E-state index in [0.717, 1.165) is 45.2 Å². The first-order chi connectivity index (χ1) is 11.7. The Bertz CT molecular complexity index is 634. The third kappa shape index (κ3) is 2.87. The van der Waals surface area contributed by atoms with Crippen LogP contribution >= 0.6 is 0 Å². The van der Waals surface area contributed by atoms with Crippen molar-refractivity contribution in [3.05, 3.63) is 47.8 Å². The Morgan fingerprint density at radius 2 is 1.88 bits per heavy atom. The van der Waals surface area contributed by atoms with Crippen LogP contribution in [-0.4, -0.2) is 78.7 Å². The van der Waals surface area contributed by atoms with Crippen LogP contribution in [0.25, 0.3) is 0 Å². The Hall–Kier alpha value is -2.05. The van der Waals surface area contributed by atoms with E-state index < -0.39 is 0 Å². The fourth-order valence-corrected chi connectivity index (χ4v) is 3.71. The summed E-state index contributed by atoms with van der Waals surface area (Å²) >= 11 is 0. The number of hydrogen-bond donors (Lipinski definition) is 1. The van der Waals surface area contributed by atoms with Crippen molar-refractivity contribution in [2.24, 2.45) is 4.99 Å². The van der Waals surface area contributed by atoms with Crippen molar-refractivity contribution in [3.8, 4) is 0 Å². The maximum atomic E-state index is 5.10. The number of fused-ring (bicyclic) bond motifs is 1. The number of piperazine rings is 1. The Balaban J connectivity index is 1.66. The van der Waals surface area contributed by atoms with Gasteiger partial charge in [0.15, 0.2) is 12.1 Å². The van der Waals surface area contributed by atoms with Crippen LogP contribution in [0.15, 0.2) is 47.2 Å². The van der Waals surface area contributed by atoms with Gasteiger partial charge in [0.25, 0.3) is 0 Å². The predicted octanol–water partition coefficient (Wildman–Crippen LogP) is 0.766. The Labute approximate surface area is 144 Å². The van der Waals surface area contributed by atoms with Crippen LogP contribution in [-0.2, 0) is 6.54 Å². The largest absolute Gasteiger partial charge is 0.361 e. The highest BCUT2D eigenvalue weighted by atomic mass is 15.5. The number of nitrogens with one attached hydrogen (secondary N) is 1. The molecule has 6 heteroatoms. The van der Waals surface area contributed by atoms with Crippen LogP contribution in [0.3, 0.4) is 0 Å². The zero-order valence-electron chi connectivity index (χ0n) is 14.5. The molecule has 0 radical (unpaired) electrons. The number of likely N-dealkylation sites (N-methyl/N-ethyl adjacent to an activating group) is 1. The van der Waals surface area contributed by atoms with E-state index in [9.17, 15) is 0 Å². The van der Waals surface area contributed by atoms with Crippen LogP contribution in [0.5, 0.6) is 0 Å². The zero-order valence-corrected chi connectivity index (χ0v) is 14.5. The molecule has 1 unspecified atom stereocenters. The number of amidine groups is 1. The SMILES string of the molecule is CN1C=C2C(=NC(N3CCNCC3)N2Cc2ccccc2)N(C)C1. The average Bonchev–Trinajstić information content (AvgIpc) is 2.95. The summed E-state index contributed by atoms with van der Waals surface area (Å²) in [7, 11) is 4.25. The fourth-order valence-electron chi connectivity index (χ4n) is 3.71. The van der Waals surface area contributed by atoms with Gasteiger partial charge in [-0.15, -0.1) is 0 Å². The third-order valence-corrected chi connectivity index (χ3v) is 4.87. The molecule has 4 rings (SSSR count). The summed E-state index contributed by atoms with van der Waals surface area (Å²) in [6.45, 7) is 5.93. The average molecular weight is 326 g/mol. The Morgan fingerprint density at radius 3 is 2.62 bits per heavy atom. The highest BCUT2D eigenvalue weighted by Crippen LogP contribution is 2.29. The molecular formula is C18H26N6. The summed E-state index contributed by atoms with van der Waals surface area (Å²) in [4.78, 5) is 14.5.